The number of carboxylic acid groups (broad SMARTS) is 1. The smallest absolute Gasteiger partial charge is 0.307 e. The van der Waals surface area contributed by atoms with Crippen LogP contribution in [0.3, 0.4) is 0 Å². The number of hydrogen-bond donors (Lipinski definition) is 2. The van der Waals surface area contributed by atoms with Gasteiger partial charge in [-0.1, -0.05) is 54.2 Å². The Labute approximate surface area is 140 Å². The van der Waals surface area contributed by atoms with Crippen molar-refractivity contribution in [2.75, 3.05) is 6.54 Å². The molecule has 1 aromatic carbocycles. The maximum absolute atomic E-state index is 11.1. The monoisotopic (exact) mass is 351 g/mol. The molecule has 6 heteroatoms. The molecule has 3 nitrogen and oxygen atoms in total. The van der Waals surface area contributed by atoms with E-state index in [4.69, 9.17) is 45.6 Å². The van der Waals surface area contributed by atoms with E-state index in [1.165, 1.54) is 0 Å². The van der Waals surface area contributed by atoms with Gasteiger partial charge in [0.05, 0.1) is 21.0 Å². The molecule has 0 bridgehead atoms. The topological polar surface area (TPSA) is 63.3 Å². The van der Waals surface area contributed by atoms with Crippen LogP contribution in [-0.4, -0.2) is 17.6 Å². The van der Waals surface area contributed by atoms with E-state index in [2.05, 4.69) is 6.92 Å². The predicted octanol–water partition coefficient (Wildman–Crippen LogP) is 4.66. The Balaban J connectivity index is 2.67. The largest absolute Gasteiger partial charge is 0.481 e. The van der Waals surface area contributed by atoms with Crippen LogP contribution in [0.25, 0.3) is 0 Å². The summed E-state index contributed by atoms with van der Waals surface area (Å²) in [7, 11) is 0. The van der Waals surface area contributed by atoms with E-state index < -0.39 is 11.9 Å². The molecule has 0 aromatic heterocycles. The van der Waals surface area contributed by atoms with Gasteiger partial charge in [0, 0.05) is 6.54 Å². The molecule has 0 aliphatic carbocycles. The summed E-state index contributed by atoms with van der Waals surface area (Å²) in [6.45, 7) is 2.22. The van der Waals surface area contributed by atoms with E-state index in [0.717, 1.165) is 24.8 Å². The minimum atomic E-state index is -0.830. The SMILES string of the molecule is CCC(CCc1ccc(Cl)c(Cl)c1Cl)CC(CN)C(=O)O. The minimum absolute atomic E-state index is 0.166. The van der Waals surface area contributed by atoms with Gasteiger partial charge in [0.2, 0.25) is 0 Å². The Morgan fingerprint density at radius 1 is 1.29 bits per heavy atom. The molecular weight excluding hydrogens is 333 g/mol. The van der Waals surface area contributed by atoms with Crippen molar-refractivity contribution < 1.29 is 9.90 Å². The van der Waals surface area contributed by atoms with E-state index in [1.807, 2.05) is 6.07 Å². The highest BCUT2D eigenvalue weighted by Gasteiger charge is 2.20. The average Bonchev–Trinajstić information content (AvgIpc) is 2.46. The number of carboxylic acids is 1. The number of rotatable bonds is 8. The van der Waals surface area contributed by atoms with Gasteiger partial charge in [-0.05, 0) is 36.8 Å². The highest BCUT2D eigenvalue weighted by molar-refractivity contribution is 6.48. The van der Waals surface area contributed by atoms with E-state index in [-0.39, 0.29) is 6.54 Å². The normalized spacial score (nSPS) is 14.0. The van der Waals surface area contributed by atoms with Crippen molar-refractivity contribution in [1.82, 2.24) is 0 Å². The molecule has 0 saturated heterocycles. The summed E-state index contributed by atoms with van der Waals surface area (Å²) in [6.07, 6.45) is 3.08. The molecule has 0 aliphatic rings. The van der Waals surface area contributed by atoms with Crippen molar-refractivity contribution in [3.8, 4) is 0 Å². The van der Waals surface area contributed by atoms with Gasteiger partial charge in [-0.2, -0.15) is 0 Å². The Morgan fingerprint density at radius 2 is 1.95 bits per heavy atom. The lowest BCUT2D eigenvalue weighted by Gasteiger charge is -2.19. The zero-order chi connectivity index (χ0) is 16.0. The van der Waals surface area contributed by atoms with Crippen LogP contribution in [0.15, 0.2) is 12.1 Å². The number of hydrogen-bond acceptors (Lipinski definition) is 2. The second-order valence-electron chi connectivity index (χ2n) is 5.15. The molecule has 0 saturated carbocycles. The minimum Gasteiger partial charge on any atom is -0.481 e. The first-order valence-corrected chi connectivity index (χ1v) is 8.09. The van der Waals surface area contributed by atoms with Crippen molar-refractivity contribution in [3.05, 3.63) is 32.8 Å². The molecule has 0 radical (unpaired) electrons. The fourth-order valence-electron chi connectivity index (χ4n) is 2.31. The number of benzene rings is 1. The quantitative estimate of drug-likeness (QED) is 0.669. The molecule has 2 unspecified atom stereocenters. The Bertz CT molecular complexity index is 494. The van der Waals surface area contributed by atoms with Gasteiger partial charge < -0.3 is 10.8 Å². The van der Waals surface area contributed by atoms with Gasteiger partial charge >= 0.3 is 5.97 Å². The first kappa shape index (κ1) is 18.6. The first-order valence-electron chi connectivity index (χ1n) is 6.95. The number of nitrogens with two attached hydrogens (primary N) is 1. The van der Waals surface area contributed by atoms with Crippen molar-refractivity contribution >= 4 is 40.8 Å². The maximum Gasteiger partial charge on any atom is 0.307 e. The highest BCUT2D eigenvalue weighted by Crippen LogP contribution is 2.34. The van der Waals surface area contributed by atoms with E-state index in [0.29, 0.717) is 27.4 Å². The Morgan fingerprint density at radius 3 is 2.48 bits per heavy atom. The van der Waals surface area contributed by atoms with Crippen LogP contribution < -0.4 is 5.73 Å². The summed E-state index contributed by atoms with van der Waals surface area (Å²) in [6, 6.07) is 3.59. The van der Waals surface area contributed by atoms with E-state index >= 15 is 0 Å². The fourth-order valence-corrected chi connectivity index (χ4v) is 2.96. The molecule has 0 aliphatic heterocycles. The van der Waals surface area contributed by atoms with Gasteiger partial charge in [0.1, 0.15) is 0 Å². The lowest BCUT2D eigenvalue weighted by molar-refractivity contribution is -0.142. The van der Waals surface area contributed by atoms with Crippen LogP contribution in [0.4, 0.5) is 0 Å². The van der Waals surface area contributed by atoms with Crippen molar-refractivity contribution in [1.29, 1.82) is 0 Å². The van der Waals surface area contributed by atoms with Gasteiger partial charge in [-0.15, -0.1) is 0 Å². The van der Waals surface area contributed by atoms with Crippen molar-refractivity contribution in [2.24, 2.45) is 17.6 Å². The van der Waals surface area contributed by atoms with Crippen LogP contribution in [0.5, 0.6) is 0 Å². The fraction of sp³-hybridized carbons (Fsp3) is 0.533. The molecule has 21 heavy (non-hydrogen) atoms. The van der Waals surface area contributed by atoms with Gasteiger partial charge in [-0.3, -0.25) is 4.79 Å². The number of carbonyl (C=O) groups is 1. The molecule has 1 rings (SSSR count). The molecule has 0 heterocycles. The lowest BCUT2D eigenvalue weighted by Crippen LogP contribution is -2.26. The summed E-state index contributed by atoms with van der Waals surface area (Å²) in [4.78, 5) is 11.1. The first-order chi connectivity index (χ1) is 9.90. The zero-order valence-corrected chi connectivity index (χ0v) is 14.2. The van der Waals surface area contributed by atoms with Gasteiger partial charge in [0.15, 0.2) is 0 Å². The second kappa shape index (κ2) is 8.84. The van der Waals surface area contributed by atoms with E-state index in [1.54, 1.807) is 6.07 Å². The molecule has 0 fully saturated rings. The van der Waals surface area contributed by atoms with Crippen LogP contribution in [0, 0.1) is 11.8 Å². The van der Waals surface area contributed by atoms with Crippen LogP contribution >= 0.6 is 34.8 Å². The summed E-state index contributed by atoms with van der Waals surface area (Å²) >= 11 is 18.1. The molecule has 0 spiro atoms. The summed E-state index contributed by atoms with van der Waals surface area (Å²) in [5.74, 6) is -1.03. The van der Waals surface area contributed by atoms with E-state index in [9.17, 15) is 4.79 Å². The number of halogens is 3. The average molecular weight is 353 g/mol. The Kier molecular flexibility index (Phi) is 7.82. The summed E-state index contributed by atoms with van der Waals surface area (Å²) in [5, 5.41) is 10.4. The zero-order valence-electron chi connectivity index (χ0n) is 11.9. The van der Waals surface area contributed by atoms with Crippen LogP contribution in [-0.2, 0) is 11.2 Å². The molecule has 2 atom stereocenters. The molecule has 1 aromatic rings. The van der Waals surface area contributed by atoms with Crippen LogP contribution in [0.2, 0.25) is 15.1 Å². The third kappa shape index (κ3) is 5.33. The molecule has 0 amide bonds. The van der Waals surface area contributed by atoms with Gasteiger partial charge in [0.25, 0.3) is 0 Å². The Hall–Kier alpha value is -0.480. The molecule has 3 N–H and O–H groups in total. The van der Waals surface area contributed by atoms with Crippen LogP contribution in [0.1, 0.15) is 31.7 Å². The predicted molar refractivity (Wildman–Crippen MR) is 88.4 cm³/mol. The number of aliphatic carboxylic acids is 1. The molecular formula is C15H20Cl3NO2. The third-order valence-corrected chi connectivity index (χ3v) is 5.10. The lowest BCUT2D eigenvalue weighted by atomic mass is 9.88. The second-order valence-corrected chi connectivity index (χ2v) is 6.32. The maximum atomic E-state index is 11.1. The van der Waals surface area contributed by atoms with Crippen molar-refractivity contribution in [2.45, 2.75) is 32.6 Å². The summed E-state index contributed by atoms with van der Waals surface area (Å²) < 4.78 is 0. The third-order valence-electron chi connectivity index (χ3n) is 3.77. The standard InChI is InChI=1S/C15H20Cl3NO2/c1-2-9(7-11(8-19)15(20)21)3-4-10-5-6-12(16)14(18)13(10)17/h5-6,9,11H,2-4,7-8,19H2,1H3,(H,20,21). The van der Waals surface area contributed by atoms with Gasteiger partial charge in [-0.25, -0.2) is 0 Å². The van der Waals surface area contributed by atoms with Crippen molar-refractivity contribution in [3.63, 3.8) is 0 Å². The number of aryl methyl sites for hydroxylation is 1. The summed E-state index contributed by atoms with van der Waals surface area (Å²) in [5.41, 5.74) is 6.44. The molecule has 118 valence electrons. The highest BCUT2D eigenvalue weighted by atomic mass is 35.5.